The summed E-state index contributed by atoms with van der Waals surface area (Å²) < 4.78 is 5.10. The average molecular weight is 273 g/mol. The minimum absolute atomic E-state index is 0.137. The molecule has 104 valence electrons. The predicted molar refractivity (Wildman–Crippen MR) is 75.3 cm³/mol. The first-order valence-corrected chi connectivity index (χ1v) is 6.08. The van der Waals surface area contributed by atoms with Crippen LogP contribution in [0.15, 0.2) is 47.1 Å². The van der Waals surface area contributed by atoms with Gasteiger partial charge in [0.2, 0.25) is 5.91 Å². The molecule has 20 heavy (non-hydrogen) atoms. The molecule has 0 atom stereocenters. The standard InChI is InChI=1S/C14H15N3O3/c1-10(18)16-11-4-6-12(7-5-11)17-14(19)15-9-13-3-2-8-20-13/h2-8H,9H2,1H3,(H,16,18)(H2,15,17,19). The van der Waals surface area contributed by atoms with Gasteiger partial charge in [-0.05, 0) is 36.4 Å². The van der Waals surface area contributed by atoms with Crippen LogP contribution >= 0.6 is 0 Å². The number of rotatable bonds is 4. The summed E-state index contributed by atoms with van der Waals surface area (Å²) in [4.78, 5) is 22.5. The lowest BCUT2D eigenvalue weighted by Crippen LogP contribution is -2.27. The van der Waals surface area contributed by atoms with Crippen molar-refractivity contribution in [3.63, 3.8) is 0 Å². The van der Waals surface area contributed by atoms with Gasteiger partial charge in [-0.1, -0.05) is 0 Å². The molecule has 3 N–H and O–H groups in total. The number of hydrogen-bond donors (Lipinski definition) is 3. The Morgan fingerprint density at radius 3 is 2.25 bits per heavy atom. The molecule has 2 rings (SSSR count). The topological polar surface area (TPSA) is 83.4 Å². The number of amides is 3. The van der Waals surface area contributed by atoms with Crippen LogP contribution in [0.5, 0.6) is 0 Å². The average Bonchev–Trinajstić information content (AvgIpc) is 2.91. The number of hydrogen-bond acceptors (Lipinski definition) is 3. The molecule has 6 heteroatoms. The second-order valence-electron chi connectivity index (χ2n) is 4.15. The van der Waals surface area contributed by atoms with Gasteiger partial charge >= 0.3 is 6.03 Å². The third kappa shape index (κ3) is 4.16. The van der Waals surface area contributed by atoms with Gasteiger partial charge in [-0.3, -0.25) is 4.79 Å². The Balaban J connectivity index is 1.83. The summed E-state index contributed by atoms with van der Waals surface area (Å²) in [6, 6.07) is 10.1. The molecule has 0 aliphatic rings. The quantitative estimate of drug-likeness (QED) is 0.800. The predicted octanol–water partition coefficient (Wildman–Crippen LogP) is 2.56. The van der Waals surface area contributed by atoms with Gasteiger partial charge in [0.1, 0.15) is 5.76 Å². The molecule has 2 aromatic rings. The monoisotopic (exact) mass is 273 g/mol. The molecule has 0 bridgehead atoms. The fraction of sp³-hybridized carbons (Fsp3) is 0.143. The summed E-state index contributed by atoms with van der Waals surface area (Å²) in [5.74, 6) is 0.544. The molecular weight excluding hydrogens is 258 g/mol. The van der Waals surface area contributed by atoms with E-state index in [0.717, 1.165) is 0 Å². The highest BCUT2D eigenvalue weighted by Crippen LogP contribution is 2.13. The molecule has 0 saturated carbocycles. The van der Waals surface area contributed by atoms with E-state index in [4.69, 9.17) is 4.42 Å². The van der Waals surface area contributed by atoms with E-state index < -0.39 is 0 Å². The number of furan rings is 1. The first kappa shape index (κ1) is 13.7. The smallest absolute Gasteiger partial charge is 0.319 e. The van der Waals surface area contributed by atoms with Crippen LogP contribution in [0.3, 0.4) is 0 Å². The minimum Gasteiger partial charge on any atom is -0.467 e. The SMILES string of the molecule is CC(=O)Nc1ccc(NC(=O)NCc2ccco2)cc1. The van der Waals surface area contributed by atoms with Crippen LogP contribution in [-0.4, -0.2) is 11.9 Å². The first-order chi connectivity index (χ1) is 9.63. The van der Waals surface area contributed by atoms with Crippen LogP contribution in [0.1, 0.15) is 12.7 Å². The number of benzene rings is 1. The highest BCUT2D eigenvalue weighted by Gasteiger charge is 2.03. The molecule has 0 fully saturated rings. The van der Waals surface area contributed by atoms with Crippen LogP contribution in [0.2, 0.25) is 0 Å². The van der Waals surface area contributed by atoms with Crippen molar-refractivity contribution in [3.05, 3.63) is 48.4 Å². The maximum Gasteiger partial charge on any atom is 0.319 e. The van der Waals surface area contributed by atoms with E-state index in [1.807, 2.05) is 0 Å². The number of anilines is 2. The lowest BCUT2D eigenvalue weighted by molar-refractivity contribution is -0.114. The van der Waals surface area contributed by atoms with E-state index in [2.05, 4.69) is 16.0 Å². The second-order valence-corrected chi connectivity index (χ2v) is 4.15. The van der Waals surface area contributed by atoms with E-state index in [0.29, 0.717) is 23.7 Å². The van der Waals surface area contributed by atoms with Crippen LogP contribution < -0.4 is 16.0 Å². The molecular formula is C14H15N3O3. The van der Waals surface area contributed by atoms with Crippen molar-refractivity contribution in [1.82, 2.24) is 5.32 Å². The molecule has 3 amide bonds. The van der Waals surface area contributed by atoms with E-state index in [1.54, 1.807) is 42.7 Å². The maximum atomic E-state index is 11.6. The lowest BCUT2D eigenvalue weighted by Gasteiger charge is -2.07. The maximum absolute atomic E-state index is 11.6. The third-order valence-corrected chi connectivity index (χ3v) is 2.47. The van der Waals surface area contributed by atoms with Gasteiger partial charge < -0.3 is 20.4 Å². The molecule has 1 aromatic heterocycles. The number of nitrogens with one attached hydrogen (secondary N) is 3. The number of carbonyl (C=O) groups is 2. The van der Waals surface area contributed by atoms with Crippen molar-refractivity contribution < 1.29 is 14.0 Å². The van der Waals surface area contributed by atoms with Crippen molar-refractivity contribution in [2.75, 3.05) is 10.6 Å². The van der Waals surface area contributed by atoms with Gasteiger partial charge in [0, 0.05) is 18.3 Å². The minimum atomic E-state index is -0.325. The van der Waals surface area contributed by atoms with Crippen LogP contribution in [0.25, 0.3) is 0 Å². The van der Waals surface area contributed by atoms with Crippen LogP contribution in [0.4, 0.5) is 16.2 Å². The Morgan fingerprint density at radius 1 is 1.05 bits per heavy atom. The third-order valence-electron chi connectivity index (χ3n) is 2.47. The molecule has 1 heterocycles. The Hall–Kier alpha value is -2.76. The van der Waals surface area contributed by atoms with Crippen molar-refractivity contribution in [1.29, 1.82) is 0 Å². The Morgan fingerprint density at radius 2 is 1.70 bits per heavy atom. The lowest BCUT2D eigenvalue weighted by atomic mass is 10.3. The Bertz CT molecular complexity index is 576. The zero-order chi connectivity index (χ0) is 14.4. The van der Waals surface area contributed by atoms with E-state index >= 15 is 0 Å². The molecule has 6 nitrogen and oxygen atoms in total. The summed E-state index contributed by atoms with van der Waals surface area (Å²) in [5, 5.41) is 8.00. The van der Waals surface area contributed by atoms with Gasteiger partial charge in [0.25, 0.3) is 0 Å². The van der Waals surface area contributed by atoms with Crippen molar-refractivity contribution in [2.45, 2.75) is 13.5 Å². The highest BCUT2D eigenvalue weighted by atomic mass is 16.3. The van der Waals surface area contributed by atoms with Gasteiger partial charge in [-0.15, -0.1) is 0 Å². The van der Waals surface area contributed by atoms with E-state index in [1.165, 1.54) is 6.92 Å². The fourth-order valence-corrected chi connectivity index (χ4v) is 1.60. The summed E-state index contributed by atoms with van der Waals surface area (Å²) in [7, 11) is 0. The first-order valence-electron chi connectivity index (χ1n) is 6.08. The summed E-state index contributed by atoms with van der Waals surface area (Å²) >= 11 is 0. The summed E-state index contributed by atoms with van der Waals surface area (Å²) in [6.45, 7) is 1.76. The summed E-state index contributed by atoms with van der Waals surface area (Å²) in [5.41, 5.74) is 1.31. The van der Waals surface area contributed by atoms with Crippen LogP contribution in [-0.2, 0) is 11.3 Å². The molecule has 0 radical (unpaired) electrons. The van der Waals surface area contributed by atoms with Gasteiger partial charge in [0.15, 0.2) is 0 Å². The zero-order valence-corrected chi connectivity index (χ0v) is 11.0. The normalized spacial score (nSPS) is 9.85. The van der Waals surface area contributed by atoms with Gasteiger partial charge in [-0.2, -0.15) is 0 Å². The zero-order valence-electron chi connectivity index (χ0n) is 11.0. The van der Waals surface area contributed by atoms with Gasteiger partial charge in [0.05, 0.1) is 12.8 Å². The molecule has 1 aromatic carbocycles. The fourth-order valence-electron chi connectivity index (χ4n) is 1.60. The van der Waals surface area contributed by atoms with Crippen molar-refractivity contribution in [2.24, 2.45) is 0 Å². The summed E-state index contributed by atoms with van der Waals surface area (Å²) in [6.07, 6.45) is 1.55. The molecule has 0 aliphatic carbocycles. The Labute approximate surface area is 116 Å². The van der Waals surface area contributed by atoms with E-state index in [-0.39, 0.29) is 11.9 Å². The molecule has 0 unspecified atom stereocenters. The van der Waals surface area contributed by atoms with Crippen LogP contribution in [0, 0.1) is 0 Å². The number of urea groups is 1. The highest BCUT2D eigenvalue weighted by molar-refractivity contribution is 5.91. The van der Waals surface area contributed by atoms with Gasteiger partial charge in [-0.25, -0.2) is 4.79 Å². The Kier molecular flexibility index (Phi) is 4.39. The second kappa shape index (κ2) is 6.42. The molecule has 0 spiro atoms. The number of carbonyl (C=O) groups excluding carboxylic acids is 2. The van der Waals surface area contributed by atoms with E-state index in [9.17, 15) is 9.59 Å². The van der Waals surface area contributed by atoms with Crippen molar-refractivity contribution in [3.8, 4) is 0 Å². The van der Waals surface area contributed by atoms with Crippen molar-refractivity contribution >= 4 is 23.3 Å². The largest absolute Gasteiger partial charge is 0.467 e. The molecule has 0 saturated heterocycles. The molecule has 0 aliphatic heterocycles.